The lowest BCUT2D eigenvalue weighted by atomic mass is 9.82. The van der Waals surface area contributed by atoms with E-state index in [1.54, 1.807) is 0 Å². The third-order valence-electron chi connectivity index (χ3n) is 4.19. The second-order valence-electron chi connectivity index (χ2n) is 5.51. The highest BCUT2D eigenvalue weighted by molar-refractivity contribution is 6.30. The lowest BCUT2D eigenvalue weighted by Crippen LogP contribution is -2.15. The Morgan fingerprint density at radius 3 is 3.05 bits per heavy atom. The molecule has 1 aliphatic rings. The topological polar surface area (TPSA) is 43.8 Å². The van der Waals surface area contributed by atoms with E-state index >= 15 is 0 Å². The third kappa shape index (κ3) is 2.36. The molecule has 106 valence electrons. The Morgan fingerprint density at radius 1 is 1.45 bits per heavy atom. The number of halogens is 1. The van der Waals surface area contributed by atoms with Crippen LogP contribution >= 0.6 is 11.6 Å². The van der Waals surface area contributed by atoms with Gasteiger partial charge in [-0.05, 0) is 50.3 Å². The summed E-state index contributed by atoms with van der Waals surface area (Å²) in [5.41, 5.74) is 10.7. The van der Waals surface area contributed by atoms with Crippen LogP contribution < -0.4 is 5.73 Å². The first-order valence-corrected chi connectivity index (χ1v) is 7.60. The van der Waals surface area contributed by atoms with Gasteiger partial charge in [-0.3, -0.25) is 4.68 Å². The normalized spacial score (nSPS) is 18.1. The second kappa shape index (κ2) is 5.58. The zero-order valence-electron chi connectivity index (χ0n) is 11.8. The number of rotatable bonds is 3. The molecule has 1 heterocycles. The molecule has 1 unspecified atom stereocenters. The first kappa shape index (κ1) is 13.7. The lowest BCUT2D eigenvalue weighted by Gasteiger charge is -2.23. The van der Waals surface area contributed by atoms with Crippen molar-refractivity contribution in [2.45, 2.75) is 31.6 Å². The predicted octanol–water partition coefficient (Wildman–Crippen LogP) is 3.51. The molecule has 0 saturated heterocycles. The summed E-state index contributed by atoms with van der Waals surface area (Å²) >= 11 is 6.13. The summed E-state index contributed by atoms with van der Waals surface area (Å²) in [6, 6.07) is 7.97. The Labute approximate surface area is 124 Å². The van der Waals surface area contributed by atoms with Crippen molar-refractivity contribution in [2.75, 3.05) is 6.54 Å². The van der Waals surface area contributed by atoms with E-state index in [0.29, 0.717) is 5.92 Å². The van der Waals surface area contributed by atoms with Crippen LogP contribution in [-0.4, -0.2) is 16.3 Å². The zero-order valence-corrected chi connectivity index (χ0v) is 12.5. The highest BCUT2D eigenvalue weighted by Crippen LogP contribution is 2.40. The standard InChI is InChI=1S/C16H20ClN3/c1-20-14-7-3-4-11(8-9-18)15(14)16(19-20)12-5-2-6-13(17)10-12/h2,5-6,10-11H,3-4,7-9,18H2,1H3. The van der Waals surface area contributed by atoms with E-state index in [4.69, 9.17) is 22.4 Å². The monoisotopic (exact) mass is 289 g/mol. The van der Waals surface area contributed by atoms with Crippen LogP contribution in [0.15, 0.2) is 24.3 Å². The first-order valence-electron chi connectivity index (χ1n) is 7.22. The van der Waals surface area contributed by atoms with Gasteiger partial charge in [-0.25, -0.2) is 0 Å². The highest BCUT2D eigenvalue weighted by Gasteiger charge is 2.27. The van der Waals surface area contributed by atoms with E-state index in [0.717, 1.165) is 35.7 Å². The average molecular weight is 290 g/mol. The minimum atomic E-state index is 0.534. The summed E-state index contributed by atoms with van der Waals surface area (Å²) in [5, 5.41) is 5.51. The molecule has 0 fully saturated rings. The van der Waals surface area contributed by atoms with Gasteiger partial charge in [-0.1, -0.05) is 23.7 Å². The Hall–Kier alpha value is -1.32. The van der Waals surface area contributed by atoms with E-state index < -0.39 is 0 Å². The van der Waals surface area contributed by atoms with Crippen molar-refractivity contribution >= 4 is 11.6 Å². The van der Waals surface area contributed by atoms with Crippen LogP contribution in [0.1, 0.15) is 36.4 Å². The molecular weight excluding hydrogens is 270 g/mol. The van der Waals surface area contributed by atoms with Crippen molar-refractivity contribution in [3.8, 4) is 11.3 Å². The summed E-state index contributed by atoms with van der Waals surface area (Å²) in [6.45, 7) is 0.730. The molecule has 0 amide bonds. The van der Waals surface area contributed by atoms with Gasteiger partial charge in [0.05, 0.1) is 5.69 Å². The van der Waals surface area contributed by atoms with E-state index in [9.17, 15) is 0 Å². The number of hydrogen-bond donors (Lipinski definition) is 1. The van der Waals surface area contributed by atoms with Gasteiger partial charge >= 0.3 is 0 Å². The Balaban J connectivity index is 2.12. The smallest absolute Gasteiger partial charge is 0.0961 e. The van der Waals surface area contributed by atoms with Gasteiger partial charge in [-0.15, -0.1) is 0 Å². The summed E-state index contributed by atoms with van der Waals surface area (Å²) < 4.78 is 2.04. The van der Waals surface area contributed by atoms with Crippen LogP contribution in [0.2, 0.25) is 5.02 Å². The number of aromatic nitrogens is 2. The van der Waals surface area contributed by atoms with Crippen LogP contribution in [-0.2, 0) is 13.5 Å². The molecule has 3 rings (SSSR count). The quantitative estimate of drug-likeness (QED) is 0.940. The lowest BCUT2D eigenvalue weighted by molar-refractivity contribution is 0.512. The molecule has 20 heavy (non-hydrogen) atoms. The summed E-state index contributed by atoms with van der Waals surface area (Å²) in [7, 11) is 2.04. The molecule has 2 N–H and O–H groups in total. The molecule has 0 aliphatic heterocycles. The highest BCUT2D eigenvalue weighted by atomic mass is 35.5. The molecule has 1 aliphatic carbocycles. The van der Waals surface area contributed by atoms with Gasteiger partial charge in [0.2, 0.25) is 0 Å². The summed E-state index contributed by atoms with van der Waals surface area (Å²) in [4.78, 5) is 0. The van der Waals surface area contributed by atoms with Crippen LogP contribution in [0, 0.1) is 0 Å². The van der Waals surface area contributed by atoms with Crippen LogP contribution in [0.5, 0.6) is 0 Å². The number of nitrogens with zero attached hydrogens (tertiary/aromatic N) is 2. The van der Waals surface area contributed by atoms with E-state index in [2.05, 4.69) is 6.07 Å². The molecule has 2 aromatic rings. The van der Waals surface area contributed by atoms with Crippen LogP contribution in [0.4, 0.5) is 0 Å². The van der Waals surface area contributed by atoms with Crippen molar-refractivity contribution in [1.82, 2.24) is 9.78 Å². The molecule has 0 bridgehead atoms. The predicted molar refractivity (Wildman–Crippen MR) is 83.0 cm³/mol. The fourth-order valence-corrected chi connectivity index (χ4v) is 3.49. The number of nitrogens with two attached hydrogens (primary N) is 1. The first-order chi connectivity index (χ1) is 9.70. The Bertz CT molecular complexity index is 618. The van der Waals surface area contributed by atoms with Crippen molar-refractivity contribution in [2.24, 2.45) is 12.8 Å². The number of hydrogen-bond acceptors (Lipinski definition) is 2. The maximum atomic E-state index is 6.13. The molecule has 0 spiro atoms. The van der Waals surface area contributed by atoms with Gasteiger partial charge in [0.1, 0.15) is 0 Å². The average Bonchev–Trinajstić information content (AvgIpc) is 2.78. The zero-order chi connectivity index (χ0) is 14.1. The summed E-state index contributed by atoms with van der Waals surface area (Å²) in [5.74, 6) is 0.534. The van der Waals surface area contributed by atoms with Crippen LogP contribution in [0.3, 0.4) is 0 Å². The number of benzene rings is 1. The van der Waals surface area contributed by atoms with Crippen molar-refractivity contribution in [1.29, 1.82) is 0 Å². The molecule has 0 saturated carbocycles. The van der Waals surface area contributed by atoms with E-state index in [1.165, 1.54) is 24.1 Å². The molecule has 1 atom stereocenters. The second-order valence-corrected chi connectivity index (χ2v) is 5.95. The maximum Gasteiger partial charge on any atom is 0.0961 e. The number of fused-ring (bicyclic) bond motifs is 1. The summed E-state index contributed by atoms with van der Waals surface area (Å²) in [6.07, 6.45) is 4.59. The van der Waals surface area contributed by atoms with Gasteiger partial charge in [0.15, 0.2) is 0 Å². The van der Waals surface area contributed by atoms with E-state index in [1.807, 2.05) is 29.9 Å². The fraction of sp³-hybridized carbons (Fsp3) is 0.438. The minimum absolute atomic E-state index is 0.534. The SMILES string of the molecule is Cn1nc(-c2cccc(Cl)c2)c2c1CCCC2CCN. The molecule has 0 radical (unpaired) electrons. The van der Waals surface area contributed by atoms with Crippen molar-refractivity contribution in [3.63, 3.8) is 0 Å². The van der Waals surface area contributed by atoms with Gasteiger partial charge in [-0.2, -0.15) is 5.10 Å². The Morgan fingerprint density at radius 2 is 2.30 bits per heavy atom. The molecule has 4 heteroatoms. The van der Waals surface area contributed by atoms with Gasteiger partial charge in [0.25, 0.3) is 0 Å². The molecular formula is C16H20ClN3. The molecule has 1 aromatic carbocycles. The molecule has 1 aromatic heterocycles. The minimum Gasteiger partial charge on any atom is -0.330 e. The van der Waals surface area contributed by atoms with Gasteiger partial charge < -0.3 is 5.73 Å². The van der Waals surface area contributed by atoms with E-state index in [-0.39, 0.29) is 0 Å². The third-order valence-corrected chi connectivity index (χ3v) is 4.43. The Kier molecular flexibility index (Phi) is 3.81. The van der Waals surface area contributed by atoms with Crippen molar-refractivity contribution in [3.05, 3.63) is 40.5 Å². The van der Waals surface area contributed by atoms with Crippen molar-refractivity contribution < 1.29 is 0 Å². The van der Waals surface area contributed by atoms with Crippen LogP contribution in [0.25, 0.3) is 11.3 Å². The maximum absolute atomic E-state index is 6.13. The molecule has 3 nitrogen and oxygen atoms in total. The van der Waals surface area contributed by atoms with Gasteiger partial charge in [0, 0.05) is 28.9 Å². The number of aryl methyl sites for hydroxylation is 1. The fourth-order valence-electron chi connectivity index (χ4n) is 3.30. The largest absolute Gasteiger partial charge is 0.330 e.